The van der Waals surface area contributed by atoms with E-state index in [1.165, 1.54) is 21.6 Å². The number of hydrogen-bond donors (Lipinski definition) is 1. The van der Waals surface area contributed by atoms with Crippen LogP contribution in [0.1, 0.15) is 29.0 Å². The van der Waals surface area contributed by atoms with E-state index in [9.17, 15) is 9.59 Å². The van der Waals surface area contributed by atoms with Gasteiger partial charge < -0.3 is 5.32 Å². The molecule has 0 radical (unpaired) electrons. The molecule has 4 rings (SSSR count). The Kier molecular flexibility index (Phi) is 4.71. The highest BCUT2D eigenvalue weighted by atomic mass is 16.2. The molecule has 1 unspecified atom stereocenters. The summed E-state index contributed by atoms with van der Waals surface area (Å²) in [6, 6.07) is 19.0. The number of fused-ring (bicyclic) bond motifs is 1. The molecular weight excluding hydrogens is 326 g/mol. The first kappa shape index (κ1) is 16.8. The van der Waals surface area contributed by atoms with Crippen molar-refractivity contribution in [3.8, 4) is 0 Å². The number of amides is 3. The number of carbonyl (C=O) groups is 2. The zero-order valence-electron chi connectivity index (χ0n) is 14.7. The van der Waals surface area contributed by atoms with Crippen molar-refractivity contribution in [1.82, 2.24) is 15.1 Å². The van der Waals surface area contributed by atoms with Gasteiger partial charge in [0.15, 0.2) is 0 Å². The number of urea groups is 1. The molecule has 2 aromatic carbocycles. The highest BCUT2D eigenvalue weighted by Crippen LogP contribution is 2.33. The van der Waals surface area contributed by atoms with Gasteiger partial charge in [0.1, 0.15) is 0 Å². The lowest BCUT2D eigenvalue weighted by molar-refractivity contribution is -0.125. The molecule has 2 aliphatic heterocycles. The monoisotopic (exact) mass is 349 g/mol. The van der Waals surface area contributed by atoms with Crippen LogP contribution in [0.2, 0.25) is 0 Å². The predicted molar refractivity (Wildman–Crippen MR) is 99.7 cm³/mol. The normalized spacial score (nSPS) is 20.2. The second-order valence-electron chi connectivity index (χ2n) is 6.95. The van der Waals surface area contributed by atoms with E-state index in [1.54, 1.807) is 0 Å². The Bertz CT molecular complexity index is 790. The third kappa shape index (κ3) is 3.35. The maximum Gasteiger partial charge on any atom is 0.324 e. The van der Waals surface area contributed by atoms with Gasteiger partial charge >= 0.3 is 6.03 Å². The average molecular weight is 349 g/mol. The number of nitrogens with zero attached hydrogens (tertiary/aromatic N) is 2. The van der Waals surface area contributed by atoms with Crippen LogP contribution in [-0.2, 0) is 11.3 Å². The molecule has 0 spiro atoms. The van der Waals surface area contributed by atoms with Crippen molar-refractivity contribution in [3.63, 3.8) is 0 Å². The highest BCUT2D eigenvalue weighted by Gasteiger charge is 2.29. The summed E-state index contributed by atoms with van der Waals surface area (Å²) < 4.78 is 0. The van der Waals surface area contributed by atoms with Crippen LogP contribution in [0.5, 0.6) is 0 Å². The first-order valence-electron chi connectivity index (χ1n) is 9.15. The number of benzene rings is 2. The smallest absolute Gasteiger partial charge is 0.324 e. The Morgan fingerprint density at radius 2 is 1.73 bits per heavy atom. The van der Waals surface area contributed by atoms with Crippen LogP contribution in [0.25, 0.3) is 0 Å². The molecule has 0 aromatic heterocycles. The summed E-state index contributed by atoms with van der Waals surface area (Å²) in [6.07, 6.45) is 0.794. The van der Waals surface area contributed by atoms with Crippen LogP contribution in [0.4, 0.5) is 4.79 Å². The summed E-state index contributed by atoms with van der Waals surface area (Å²) >= 11 is 0. The fourth-order valence-corrected chi connectivity index (χ4v) is 3.95. The van der Waals surface area contributed by atoms with Crippen LogP contribution in [0, 0.1) is 0 Å². The number of carbonyl (C=O) groups excluding carboxylic acids is 2. The van der Waals surface area contributed by atoms with Gasteiger partial charge in [0, 0.05) is 32.1 Å². The third-order valence-electron chi connectivity index (χ3n) is 5.26. The number of imide groups is 1. The minimum atomic E-state index is -0.263. The summed E-state index contributed by atoms with van der Waals surface area (Å²) in [7, 11) is 0. The lowest BCUT2D eigenvalue weighted by Crippen LogP contribution is -2.37. The molecule has 1 N–H and O–H groups in total. The summed E-state index contributed by atoms with van der Waals surface area (Å²) in [5.74, 6) is 0.235. The second kappa shape index (κ2) is 7.30. The molecule has 5 heteroatoms. The molecule has 1 atom stereocenters. The van der Waals surface area contributed by atoms with E-state index in [2.05, 4.69) is 58.7 Å². The minimum Gasteiger partial charge on any atom is -0.329 e. The van der Waals surface area contributed by atoms with E-state index >= 15 is 0 Å². The van der Waals surface area contributed by atoms with Crippen molar-refractivity contribution < 1.29 is 9.59 Å². The van der Waals surface area contributed by atoms with Crippen LogP contribution in [-0.4, -0.2) is 47.9 Å². The van der Waals surface area contributed by atoms with Crippen molar-refractivity contribution >= 4 is 11.9 Å². The SMILES string of the molecule is O=C1CNC(=O)N1CCCN1Cc2ccccc2C(c2ccccc2)C1. The highest BCUT2D eigenvalue weighted by molar-refractivity contribution is 6.01. The lowest BCUT2D eigenvalue weighted by Gasteiger charge is -2.35. The molecule has 0 aliphatic carbocycles. The van der Waals surface area contributed by atoms with Gasteiger partial charge in [0.25, 0.3) is 0 Å². The van der Waals surface area contributed by atoms with Crippen LogP contribution in [0.15, 0.2) is 54.6 Å². The Hall–Kier alpha value is -2.66. The van der Waals surface area contributed by atoms with Gasteiger partial charge in [-0.1, -0.05) is 54.6 Å². The first-order valence-corrected chi connectivity index (χ1v) is 9.15. The van der Waals surface area contributed by atoms with Gasteiger partial charge in [-0.05, 0) is 23.1 Å². The molecular formula is C21H23N3O2. The van der Waals surface area contributed by atoms with Crippen molar-refractivity contribution in [2.75, 3.05) is 26.2 Å². The first-order chi connectivity index (χ1) is 12.7. The fraction of sp³-hybridized carbons (Fsp3) is 0.333. The maximum absolute atomic E-state index is 11.7. The van der Waals surface area contributed by atoms with E-state index in [0.717, 1.165) is 26.1 Å². The quantitative estimate of drug-likeness (QED) is 0.844. The van der Waals surface area contributed by atoms with Crippen LogP contribution < -0.4 is 5.32 Å². The van der Waals surface area contributed by atoms with Gasteiger partial charge in [-0.2, -0.15) is 0 Å². The zero-order valence-corrected chi connectivity index (χ0v) is 14.7. The van der Waals surface area contributed by atoms with Gasteiger partial charge in [0.2, 0.25) is 5.91 Å². The Labute approximate surface area is 153 Å². The molecule has 1 fully saturated rings. The number of rotatable bonds is 5. The predicted octanol–water partition coefficient (Wildman–Crippen LogP) is 2.58. The summed E-state index contributed by atoms with van der Waals surface area (Å²) in [6.45, 7) is 3.36. The summed E-state index contributed by atoms with van der Waals surface area (Å²) in [5, 5.41) is 2.57. The van der Waals surface area contributed by atoms with E-state index in [4.69, 9.17) is 0 Å². The lowest BCUT2D eigenvalue weighted by atomic mass is 9.84. The van der Waals surface area contributed by atoms with E-state index in [1.807, 2.05) is 6.07 Å². The van der Waals surface area contributed by atoms with Crippen LogP contribution in [0.3, 0.4) is 0 Å². The van der Waals surface area contributed by atoms with Crippen molar-refractivity contribution in [3.05, 3.63) is 71.3 Å². The molecule has 5 nitrogen and oxygen atoms in total. The van der Waals surface area contributed by atoms with Gasteiger partial charge in [-0.25, -0.2) is 4.79 Å². The molecule has 26 heavy (non-hydrogen) atoms. The number of nitrogens with one attached hydrogen (secondary N) is 1. The van der Waals surface area contributed by atoms with E-state index in [0.29, 0.717) is 12.5 Å². The Morgan fingerprint density at radius 3 is 2.50 bits per heavy atom. The third-order valence-corrected chi connectivity index (χ3v) is 5.26. The molecule has 3 amide bonds. The Balaban J connectivity index is 1.45. The van der Waals surface area contributed by atoms with Crippen molar-refractivity contribution in [2.45, 2.75) is 18.9 Å². The van der Waals surface area contributed by atoms with Crippen molar-refractivity contribution in [2.24, 2.45) is 0 Å². The standard InChI is InChI=1S/C21H23N3O2/c25-20-13-22-21(26)24(20)12-6-11-23-14-17-9-4-5-10-18(17)19(15-23)16-7-2-1-3-8-16/h1-5,7-10,19H,6,11-15H2,(H,22,26). The average Bonchev–Trinajstić information content (AvgIpc) is 3.00. The molecule has 0 saturated carbocycles. The number of hydrogen-bond acceptors (Lipinski definition) is 3. The van der Waals surface area contributed by atoms with Crippen LogP contribution >= 0.6 is 0 Å². The molecule has 1 saturated heterocycles. The largest absolute Gasteiger partial charge is 0.329 e. The molecule has 2 aliphatic rings. The topological polar surface area (TPSA) is 52.7 Å². The van der Waals surface area contributed by atoms with Gasteiger partial charge in [0.05, 0.1) is 6.54 Å². The summed E-state index contributed by atoms with van der Waals surface area (Å²) in [5.41, 5.74) is 4.10. The second-order valence-corrected chi connectivity index (χ2v) is 6.95. The Morgan fingerprint density at radius 1 is 0.962 bits per heavy atom. The zero-order chi connectivity index (χ0) is 17.9. The molecule has 0 bridgehead atoms. The van der Waals surface area contributed by atoms with Gasteiger partial charge in [-0.3, -0.25) is 14.6 Å². The molecule has 2 aromatic rings. The maximum atomic E-state index is 11.7. The summed E-state index contributed by atoms with van der Waals surface area (Å²) in [4.78, 5) is 27.1. The molecule has 134 valence electrons. The molecule has 2 heterocycles. The van der Waals surface area contributed by atoms with E-state index < -0.39 is 0 Å². The fourth-order valence-electron chi connectivity index (χ4n) is 3.95. The van der Waals surface area contributed by atoms with Gasteiger partial charge in [-0.15, -0.1) is 0 Å². The van der Waals surface area contributed by atoms with E-state index in [-0.39, 0.29) is 18.5 Å². The minimum absolute atomic E-state index is 0.124. The van der Waals surface area contributed by atoms with Crippen molar-refractivity contribution in [1.29, 1.82) is 0 Å².